The lowest BCUT2D eigenvalue weighted by Crippen LogP contribution is -2.64. The molecule has 2 heterocycles. The van der Waals surface area contributed by atoms with Gasteiger partial charge in [-0.25, -0.2) is 4.79 Å². The van der Waals surface area contributed by atoms with Crippen LogP contribution in [0.25, 0.3) is 0 Å². The number of aliphatic hydroxyl groups is 7. The van der Waals surface area contributed by atoms with E-state index in [9.17, 15) is 45.3 Å². The Balaban J connectivity index is 2.39. The van der Waals surface area contributed by atoms with E-state index in [1.807, 2.05) is 0 Å². The van der Waals surface area contributed by atoms with Crippen LogP contribution in [0.4, 0.5) is 0 Å². The molecule has 14 heteroatoms. The van der Waals surface area contributed by atoms with E-state index in [-0.39, 0.29) is 0 Å². The first-order valence-corrected chi connectivity index (χ1v) is 9.45. The van der Waals surface area contributed by atoms with E-state index in [2.05, 4.69) is 0 Å². The number of aliphatic hydroxyl groups excluding tert-OH is 7. The van der Waals surface area contributed by atoms with Gasteiger partial charge in [-0.15, -0.1) is 0 Å². The summed E-state index contributed by atoms with van der Waals surface area (Å²) in [6.07, 6.45) is -14.9. The Morgan fingerprint density at radius 1 is 1.00 bits per heavy atom. The van der Waals surface area contributed by atoms with E-state index >= 15 is 0 Å². The van der Waals surface area contributed by atoms with E-state index in [1.165, 1.54) is 0 Å². The molecule has 180 valence electrons. The number of esters is 2. The van der Waals surface area contributed by atoms with Gasteiger partial charge >= 0.3 is 11.9 Å². The van der Waals surface area contributed by atoms with Crippen molar-refractivity contribution in [3.8, 4) is 0 Å². The summed E-state index contributed by atoms with van der Waals surface area (Å²) in [6.45, 7) is -0.566. The smallest absolute Gasteiger partial charge is 0.335 e. The fourth-order valence-corrected chi connectivity index (χ4v) is 3.30. The van der Waals surface area contributed by atoms with Crippen molar-refractivity contribution >= 4 is 11.9 Å². The average Bonchev–Trinajstić information content (AvgIpc) is 2.98. The van der Waals surface area contributed by atoms with Gasteiger partial charge in [0.05, 0.1) is 13.2 Å². The third-order valence-corrected chi connectivity index (χ3v) is 4.90. The predicted octanol–water partition coefficient (Wildman–Crippen LogP) is -4.89. The van der Waals surface area contributed by atoms with E-state index < -0.39 is 92.7 Å². The van der Waals surface area contributed by atoms with Crippen LogP contribution in [0.5, 0.6) is 0 Å². The van der Waals surface area contributed by atoms with Crippen LogP contribution in [-0.2, 0) is 33.3 Å². The standard InChI is InChI=1S/C17H28O14/c1-6(21)15(26)29-14-11(24)9(4-19)30-17(14,5-20)31-16-13(27-7(2)22)12(25)10(23)8(3-18)28-16/h6,8-14,16,18-21,23-25H,3-5H2,1-2H3/t6?,8-,9-,10-,11-,12+,13-,14+,16-,17+/m1/s1. The second-order valence-electron chi connectivity index (χ2n) is 7.23. The van der Waals surface area contributed by atoms with Crippen molar-refractivity contribution in [2.75, 3.05) is 19.8 Å². The molecule has 0 amide bonds. The molecule has 0 aromatic carbocycles. The van der Waals surface area contributed by atoms with Gasteiger partial charge in [0.25, 0.3) is 0 Å². The van der Waals surface area contributed by atoms with Crippen LogP contribution in [0.15, 0.2) is 0 Å². The molecule has 14 nitrogen and oxygen atoms in total. The highest BCUT2D eigenvalue weighted by Crippen LogP contribution is 2.38. The van der Waals surface area contributed by atoms with Crippen LogP contribution < -0.4 is 0 Å². The van der Waals surface area contributed by atoms with Gasteiger partial charge in [-0.05, 0) is 6.92 Å². The summed E-state index contributed by atoms with van der Waals surface area (Å²) >= 11 is 0. The third kappa shape index (κ3) is 5.31. The number of carbonyl (C=O) groups excluding carboxylic acids is 2. The maximum atomic E-state index is 11.9. The lowest BCUT2D eigenvalue weighted by molar-refractivity contribution is -0.384. The Morgan fingerprint density at radius 2 is 1.61 bits per heavy atom. The zero-order valence-corrected chi connectivity index (χ0v) is 16.8. The van der Waals surface area contributed by atoms with Crippen molar-refractivity contribution in [1.29, 1.82) is 0 Å². The van der Waals surface area contributed by atoms with Crippen LogP contribution in [0, 0.1) is 0 Å². The Hall–Kier alpha value is -1.46. The topological polar surface area (TPSA) is 222 Å². The summed E-state index contributed by atoms with van der Waals surface area (Å²) < 4.78 is 26.2. The Morgan fingerprint density at radius 3 is 2.10 bits per heavy atom. The predicted molar refractivity (Wildman–Crippen MR) is 93.7 cm³/mol. The maximum absolute atomic E-state index is 11.9. The molecule has 7 N–H and O–H groups in total. The fourth-order valence-electron chi connectivity index (χ4n) is 3.30. The van der Waals surface area contributed by atoms with Gasteiger partial charge in [0, 0.05) is 6.92 Å². The largest absolute Gasteiger partial charge is 0.454 e. The molecule has 0 radical (unpaired) electrons. The molecule has 2 aliphatic rings. The second kappa shape index (κ2) is 10.4. The first-order valence-electron chi connectivity index (χ1n) is 9.45. The van der Waals surface area contributed by atoms with Crippen LogP contribution in [0.2, 0.25) is 0 Å². The summed E-state index contributed by atoms with van der Waals surface area (Å²) in [6, 6.07) is 0. The lowest BCUT2D eigenvalue weighted by Gasteiger charge is -2.44. The van der Waals surface area contributed by atoms with Gasteiger partial charge in [0.15, 0.2) is 12.2 Å². The van der Waals surface area contributed by atoms with E-state index in [1.54, 1.807) is 0 Å². The molecule has 2 fully saturated rings. The van der Waals surface area contributed by atoms with Gasteiger partial charge in [-0.3, -0.25) is 4.79 Å². The highest BCUT2D eigenvalue weighted by Gasteiger charge is 2.61. The molecule has 0 saturated carbocycles. The van der Waals surface area contributed by atoms with E-state index in [0.29, 0.717) is 0 Å². The quantitative estimate of drug-likeness (QED) is 0.170. The molecule has 1 unspecified atom stereocenters. The molecule has 31 heavy (non-hydrogen) atoms. The summed E-state index contributed by atoms with van der Waals surface area (Å²) in [7, 11) is 0. The first kappa shape index (κ1) is 25.8. The minimum atomic E-state index is -2.40. The molecule has 10 atom stereocenters. The maximum Gasteiger partial charge on any atom is 0.335 e. The molecule has 2 rings (SSSR count). The van der Waals surface area contributed by atoms with Crippen molar-refractivity contribution < 1.29 is 69.0 Å². The highest BCUT2D eigenvalue weighted by molar-refractivity contribution is 5.74. The normalized spacial score (nSPS) is 41.6. The highest BCUT2D eigenvalue weighted by atomic mass is 16.8. The van der Waals surface area contributed by atoms with Crippen molar-refractivity contribution in [1.82, 2.24) is 0 Å². The summed E-state index contributed by atoms with van der Waals surface area (Å²) in [5, 5.41) is 69.0. The summed E-state index contributed by atoms with van der Waals surface area (Å²) in [4.78, 5) is 23.3. The zero-order valence-electron chi connectivity index (χ0n) is 16.8. The molecule has 2 aliphatic heterocycles. The van der Waals surface area contributed by atoms with Crippen molar-refractivity contribution in [3.63, 3.8) is 0 Å². The van der Waals surface area contributed by atoms with Crippen LogP contribution in [-0.4, -0.2) is 128 Å². The number of hydrogen-bond donors (Lipinski definition) is 7. The molecule has 0 bridgehead atoms. The lowest BCUT2D eigenvalue weighted by atomic mass is 9.98. The summed E-state index contributed by atoms with van der Waals surface area (Å²) in [5.41, 5.74) is 0. The van der Waals surface area contributed by atoms with Crippen LogP contribution in [0.3, 0.4) is 0 Å². The van der Waals surface area contributed by atoms with Crippen LogP contribution >= 0.6 is 0 Å². The van der Waals surface area contributed by atoms with Gasteiger partial charge in [0.1, 0.15) is 43.2 Å². The third-order valence-electron chi connectivity index (χ3n) is 4.90. The van der Waals surface area contributed by atoms with Crippen molar-refractivity contribution in [2.24, 2.45) is 0 Å². The summed E-state index contributed by atoms with van der Waals surface area (Å²) in [5.74, 6) is -4.51. The molecule has 0 aromatic heterocycles. The number of rotatable bonds is 8. The second-order valence-corrected chi connectivity index (χ2v) is 7.23. The molecule has 0 aliphatic carbocycles. The Bertz CT molecular complexity index is 628. The molecular weight excluding hydrogens is 428 g/mol. The Kier molecular flexibility index (Phi) is 8.69. The van der Waals surface area contributed by atoms with Gasteiger partial charge < -0.3 is 59.4 Å². The van der Waals surface area contributed by atoms with E-state index in [0.717, 1.165) is 13.8 Å². The molecule has 0 spiro atoms. The number of ether oxygens (including phenoxy) is 5. The molecule has 2 saturated heterocycles. The van der Waals surface area contributed by atoms with Crippen molar-refractivity contribution in [2.45, 2.75) is 74.8 Å². The number of hydrogen-bond acceptors (Lipinski definition) is 14. The van der Waals surface area contributed by atoms with Gasteiger partial charge in [-0.2, -0.15) is 0 Å². The average molecular weight is 456 g/mol. The minimum absolute atomic E-state index is 0.778. The first-order chi connectivity index (χ1) is 14.5. The molecule has 0 aromatic rings. The SMILES string of the molecule is CC(=O)O[C@H]1[C@@H](O[C@]2(CO)O[C@H](CO)[C@@H](O)[C@@H]2OC(=O)C(C)O)O[C@H](CO)[C@@H](O)[C@@H]1O. The van der Waals surface area contributed by atoms with Crippen LogP contribution in [0.1, 0.15) is 13.8 Å². The van der Waals surface area contributed by atoms with Gasteiger partial charge in [0.2, 0.25) is 12.1 Å². The van der Waals surface area contributed by atoms with E-state index in [4.69, 9.17) is 23.7 Å². The minimum Gasteiger partial charge on any atom is -0.454 e. The van der Waals surface area contributed by atoms with Crippen molar-refractivity contribution in [3.05, 3.63) is 0 Å². The number of carbonyl (C=O) groups is 2. The Labute approximate surface area is 176 Å². The zero-order chi connectivity index (χ0) is 23.5. The van der Waals surface area contributed by atoms with Gasteiger partial charge in [-0.1, -0.05) is 0 Å². The fraction of sp³-hybridized carbons (Fsp3) is 0.882. The molecular formula is C17H28O14. The monoisotopic (exact) mass is 456 g/mol.